The Morgan fingerprint density at radius 3 is 0.929 bits per heavy atom. The molecule has 9 nitrogen and oxygen atoms in total. The molecule has 2 aromatic rings. The molecule has 0 radical (unpaired) electrons. The molecule has 0 bridgehead atoms. The standard InChI is InChI=1S/C61H98O9/c1-47(2)36-26-17-9-13-21-32-42-67-58(63)53-46-52(57(62)51-40-30-25-31-41-51)54(59(64)68-43-33-22-14-10-18-27-37-48(3)4)56(61(66)70-45-35-24-16-12-20-29-39-50(7)8)55(53)60(65)69-44-34-23-15-11-19-28-38-49(5)6/h25,30-31,40-41,46-50H,9-24,26-29,32-39,42-45H2,1-8H3. The van der Waals surface area contributed by atoms with Gasteiger partial charge < -0.3 is 18.9 Å². The zero-order valence-electron chi connectivity index (χ0n) is 45.6. The fourth-order valence-corrected chi connectivity index (χ4v) is 8.80. The highest BCUT2D eigenvalue weighted by atomic mass is 16.5. The Hall–Kier alpha value is -4.01. The third-order valence-electron chi connectivity index (χ3n) is 13.1. The molecule has 2 rings (SSSR count). The first-order valence-electron chi connectivity index (χ1n) is 28.2. The second-order valence-electron chi connectivity index (χ2n) is 21.6. The van der Waals surface area contributed by atoms with Crippen LogP contribution in [0.1, 0.15) is 293 Å². The molecule has 0 atom stereocenters. The lowest BCUT2D eigenvalue weighted by molar-refractivity contribution is 0.0414. The number of unbranched alkanes of at least 4 members (excludes halogenated alkanes) is 20. The number of carbonyl (C=O) groups is 5. The van der Waals surface area contributed by atoms with Crippen LogP contribution in [0.4, 0.5) is 0 Å². The second kappa shape index (κ2) is 38.6. The number of hydrogen-bond acceptors (Lipinski definition) is 9. The zero-order chi connectivity index (χ0) is 51.4. The molecular formula is C61H98O9. The third kappa shape index (κ3) is 27.6. The van der Waals surface area contributed by atoms with Crippen LogP contribution in [0, 0.1) is 23.7 Å². The van der Waals surface area contributed by atoms with E-state index in [0.29, 0.717) is 49.4 Å². The van der Waals surface area contributed by atoms with Gasteiger partial charge in [0.1, 0.15) is 0 Å². The van der Waals surface area contributed by atoms with Gasteiger partial charge in [-0.05, 0) is 55.4 Å². The summed E-state index contributed by atoms with van der Waals surface area (Å²) in [5.74, 6) is -1.66. The molecule has 0 spiro atoms. The number of ketones is 1. The minimum absolute atomic E-state index is 0.0241. The van der Waals surface area contributed by atoms with Crippen molar-refractivity contribution in [3.8, 4) is 0 Å². The van der Waals surface area contributed by atoms with E-state index in [2.05, 4.69) is 55.4 Å². The molecule has 2 aromatic carbocycles. The Morgan fingerprint density at radius 1 is 0.329 bits per heavy atom. The quantitative estimate of drug-likeness (QED) is 0.0277. The van der Waals surface area contributed by atoms with Crippen LogP contribution < -0.4 is 0 Å². The highest BCUT2D eigenvalue weighted by Gasteiger charge is 2.37. The summed E-state index contributed by atoms with van der Waals surface area (Å²) in [6, 6.07) is 9.60. The molecule has 0 N–H and O–H groups in total. The number of carbonyl (C=O) groups excluding carboxylic acids is 5. The van der Waals surface area contributed by atoms with E-state index in [-0.39, 0.29) is 43.1 Å². The second-order valence-corrected chi connectivity index (χ2v) is 21.6. The lowest BCUT2D eigenvalue weighted by Crippen LogP contribution is -2.27. The van der Waals surface area contributed by atoms with Crippen LogP contribution in [0.15, 0.2) is 36.4 Å². The molecule has 396 valence electrons. The number of rotatable bonds is 42. The first kappa shape index (κ1) is 62.1. The maximum atomic E-state index is 14.6. The van der Waals surface area contributed by atoms with Gasteiger partial charge in [-0.1, -0.05) is 240 Å². The minimum atomic E-state index is -0.993. The topological polar surface area (TPSA) is 122 Å². The van der Waals surface area contributed by atoms with Crippen molar-refractivity contribution in [2.75, 3.05) is 26.4 Å². The Labute approximate surface area is 426 Å². The zero-order valence-corrected chi connectivity index (χ0v) is 45.6. The minimum Gasteiger partial charge on any atom is -0.462 e. The van der Waals surface area contributed by atoms with Crippen molar-refractivity contribution in [1.29, 1.82) is 0 Å². The Morgan fingerprint density at radius 2 is 0.600 bits per heavy atom. The van der Waals surface area contributed by atoms with Crippen LogP contribution in [0.5, 0.6) is 0 Å². The smallest absolute Gasteiger partial charge is 0.339 e. The van der Waals surface area contributed by atoms with Gasteiger partial charge >= 0.3 is 23.9 Å². The highest BCUT2D eigenvalue weighted by Crippen LogP contribution is 2.30. The summed E-state index contributed by atoms with van der Waals surface area (Å²) in [5.41, 5.74) is -1.65. The van der Waals surface area contributed by atoms with E-state index < -0.39 is 46.4 Å². The monoisotopic (exact) mass is 975 g/mol. The molecule has 0 saturated heterocycles. The summed E-state index contributed by atoms with van der Waals surface area (Å²) in [6.45, 7) is 18.1. The van der Waals surface area contributed by atoms with E-state index in [1.54, 1.807) is 30.3 Å². The van der Waals surface area contributed by atoms with Crippen molar-refractivity contribution in [2.24, 2.45) is 23.7 Å². The predicted octanol–water partition coefficient (Wildman–Crippen LogP) is 17.1. The average molecular weight is 975 g/mol. The molecule has 0 aromatic heterocycles. The van der Waals surface area contributed by atoms with E-state index in [1.165, 1.54) is 57.4 Å². The van der Waals surface area contributed by atoms with Gasteiger partial charge in [-0.15, -0.1) is 0 Å². The normalized spacial score (nSPS) is 11.5. The summed E-state index contributed by atoms with van der Waals surface area (Å²) in [5, 5.41) is 0. The average Bonchev–Trinajstić information content (AvgIpc) is 3.32. The Bertz CT molecular complexity index is 1740. The molecule has 0 amide bonds. The molecule has 0 heterocycles. The van der Waals surface area contributed by atoms with Crippen LogP contribution in [-0.2, 0) is 18.9 Å². The van der Waals surface area contributed by atoms with Gasteiger partial charge in [0.25, 0.3) is 0 Å². The molecular weight excluding hydrogens is 877 g/mol. The van der Waals surface area contributed by atoms with Crippen molar-refractivity contribution in [2.45, 2.75) is 235 Å². The van der Waals surface area contributed by atoms with Gasteiger partial charge in [-0.25, -0.2) is 19.2 Å². The number of ether oxygens (including phenoxy) is 4. The van der Waals surface area contributed by atoms with Gasteiger partial charge in [0, 0.05) is 11.1 Å². The SMILES string of the molecule is CC(C)CCCCCCCCOC(=O)c1cc(C(=O)c2ccccc2)c(C(=O)OCCCCCCCCC(C)C)c(C(=O)OCCCCCCCCC(C)C)c1C(=O)OCCCCCCCCC(C)C. The third-order valence-corrected chi connectivity index (χ3v) is 13.1. The molecule has 0 unspecified atom stereocenters. The summed E-state index contributed by atoms with van der Waals surface area (Å²) >= 11 is 0. The van der Waals surface area contributed by atoms with Crippen LogP contribution in [0.25, 0.3) is 0 Å². The van der Waals surface area contributed by atoms with E-state index in [1.807, 2.05) is 0 Å². The molecule has 0 aliphatic heterocycles. The van der Waals surface area contributed by atoms with Crippen molar-refractivity contribution in [3.05, 3.63) is 69.8 Å². The lowest BCUT2D eigenvalue weighted by atomic mass is 9.87. The van der Waals surface area contributed by atoms with Crippen molar-refractivity contribution in [3.63, 3.8) is 0 Å². The molecule has 0 aliphatic carbocycles. The number of esters is 4. The number of hydrogen-bond donors (Lipinski definition) is 0. The van der Waals surface area contributed by atoms with Gasteiger partial charge in [0.15, 0.2) is 5.78 Å². The van der Waals surface area contributed by atoms with Gasteiger partial charge in [0.05, 0.1) is 48.7 Å². The van der Waals surface area contributed by atoms with E-state index in [9.17, 15) is 24.0 Å². The Kier molecular flexibility index (Phi) is 34.3. The van der Waals surface area contributed by atoms with Crippen molar-refractivity contribution in [1.82, 2.24) is 0 Å². The van der Waals surface area contributed by atoms with Crippen molar-refractivity contribution < 1.29 is 42.9 Å². The summed E-state index contributed by atoms with van der Waals surface area (Å²) in [6.07, 6.45) is 28.2. The molecule has 0 aliphatic rings. The molecule has 0 fully saturated rings. The van der Waals surface area contributed by atoms with E-state index in [4.69, 9.17) is 18.9 Å². The van der Waals surface area contributed by atoms with Crippen LogP contribution in [-0.4, -0.2) is 56.1 Å². The Balaban J connectivity index is 2.55. The van der Waals surface area contributed by atoms with Crippen molar-refractivity contribution >= 4 is 29.7 Å². The van der Waals surface area contributed by atoms with Crippen LogP contribution in [0.3, 0.4) is 0 Å². The fraction of sp³-hybridized carbons (Fsp3) is 0.721. The largest absolute Gasteiger partial charge is 0.462 e. The lowest BCUT2D eigenvalue weighted by Gasteiger charge is -2.20. The molecule has 9 heteroatoms. The maximum Gasteiger partial charge on any atom is 0.339 e. The molecule has 70 heavy (non-hydrogen) atoms. The van der Waals surface area contributed by atoms with Gasteiger partial charge in [-0.3, -0.25) is 4.79 Å². The van der Waals surface area contributed by atoms with E-state index in [0.717, 1.165) is 103 Å². The predicted molar refractivity (Wildman–Crippen MR) is 286 cm³/mol. The summed E-state index contributed by atoms with van der Waals surface area (Å²) in [4.78, 5) is 72.6. The molecule has 0 saturated carbocycles. The van der Waals surface area contributed by atoms with Gasteiger partial charge in [0.2, 0.25) is 0 Å². The van der Waals surface area contributed by atoms with Crippen LogP contribution >= 0.6 is 0 Å². The number of benzene rings is 2. The highest BCUT2D eigenvalue weighted by molar-refractivity contribution is 6.22. The first-order chi connectivity index (χ1) is 33.7. The summed E-state index contributed by atoms with van der Waals surface area (Å²) < 4.78 is 23.5. The van der Waals surface area contributed by atoms with Gasteiger partial charge in [-0.2, -0.15) is 0 Å². The van der Waals surface area contributed by atoms with E-state index >= 15 is 0 Å². The summed E-state index contributed by atoms with van der Waals surface area (Å²) in [7, 11) is 0. The van der Waals surface area contributed by atoms with Crippen LogP contribution in [0.2, 0.25) is 0 Å². The first-order valence-corrected chi connectivity index (χ1v) is 28.2. The maximum absolute atomic E-state index is 14.6. The fourth-order valence-electron chi connectivity index (χ4n) is 8.80.